The Hall–Kier alpha value is -1.53. The van der Waals surface area contributed by atoms with E-state index >= 15 is 0 Å². The largest absolute Gasteiger partial charge is 0.383 e. The van der Waals surface area contributed by atoms with Gasteiger partial charge in [0.05, 0.1) is 23.4 Å². The summed E-state index contributed by atoms with van der Waals surface area (Å²) in [6, 6.07) is 8.07. The van der Waals surface area contributed by atoms with E-state index in [1.807, 2.05) is 18.2 Å². The predicted octanol–water partition coefficient (Wildman–Crippen LogP) is 3.47. The minimum absolute atomic E-state index is 0.0981. The number of hydrogen-bond donors (Lipinski definition) is 1. The van der Waals surface area contributed by atoms with Crippen LogP contribution < -0.4 is 5.32 Å². The summed E-state index contributed by atoms with van der Waals surface area (Å²) in [5.41, 5.74) is 2.05. The molecule has 0 radical (unpaired) electrons. The van der Waals surface area contributed by atoms with Crippen molar-refractivity contribution in [2.75, 3.05) is 26.0 Å². The molecule has 6 heteroatoms. The van der Waals surface area contributed by atoms with Gasteiger partial charge in [0.15, 0.2) is 5.16 Å². The van der Waals surface area contributed by atoms with Crippen molar-refractivity contribution >= 4 is 28.7 Å². The molecule has 1 aromatic heterocycles. The number of imidazole rings is 1. The Morgan fingerprint density at radius 2 is 2.12 bits per heavy atom. The van der Waals surface area contributed by atoms with Gasteiger partial charge in [0.25, 0.3) is 0 Å². The molecule has 136 valence electrons. The smallest absolute Gasteiger partial charge is 0.230 e. The quantitative estimate of drug-likeness (QED) is 0.732. The van der Waals surface area contributed by atoms with Crippen LogP contribution in [0.15, 0.2) is 29.4 Å². The summed E-state index contributed by atoms with van der Waals surface area (Å²) >= 11 is 1.50. The number of aromatic nitrogens is 2. The van der Waals surface area contributed by atoms with Crippen LogP contribution in [-0.2, 0) is 16.1 Å². The Morgan fingerprint density at radius 3 is 2.92 bits per heavy atom. The third kappa shape index (κ3) is 4.98. The Labute approximate surface area is 153 Å². The molecule has 0 bridgehead atoms. The van der Waals surface area contributed by atoms with Crippen LogP contribution in [0.3, 0.4) is 0 Å². The zero-order valence-electron chi connectivity index (χ0n) is 14.9. The number of para-hydroxylation sites is 2. The van der Waals surface area contributed by atoms with Gasteiger partial charge in [0, 0.05) is 20.2 Å². The van der Waals surface area contributed by atoms with Crippen molar-refractivity contribution < 1.29 is 9.53 Å². The number of benzene rings is 1. The first-order chi connectivity index (χ1) is 12.3. The maximum Gasteiger partial charge on any atom is 0.230 e. The standard InChI is InChI=1S/C19H27N3O2S/c1-24-12-11-22-17-10-6-5-9-16(17)21-19(22)25-14-18(23)20-13-15-7-3-2-4-8-15/h5-6,9-10,15H,2-4,7-8,11-14H2,1H3,(H,20,23). The molecule has 5 nitrogen and oxygen atoms in total. The zero-order chi connectivity index (χ0) is 17.5. The second-order valence-electron chi connectivity index (χ2n) is 6.62. The molecule has 2 aromatic rings. The van der Waals surface area contributed by atoms with Gasteiger partial charge in [-0.25, -0.2) is 4.98 Å². The van der Waals surface area contributed by atoms with Gasteiger partial charge in [-0.15, -0.1) is 0 Å². The highest BCUT2D eigenvalue weighted by atomic mass is 32.2. The number of thioether (sulfide) groups is 1. The number of fused-ring (bicyclic) bond motifs is 1. The fraction of sp³-hybridized carbons (Fsp3) is 0.579. The van der Waals surface area contributed by atoms with Crippen LogP contribution in [0, 0.1) is 5.92 Å². The van der Waals surface area contributed by atoms with Crippen LogP contribution in [-0.4, -0.2) is 41.5 Å². The molecular formula is C19H27N3O2S. The molecule has 1 aliphatic rings. The molecule has 3 rings (SSSR count). The van der Waals surface area contributed by atoms with E-state index in [0.717, 1.165) is 29.3 Å². The third-order valence-corrected chi connectivity index (χ3v) is 5.76. The molecule has 0 saturated heterocycles. The molecule has 1 amide bonds. The number of rotatable bonds is 8. The fourth-order valence-electron chi connectivity index (χ4n) is 3.39. The minimum Gasteiger partial charge on any atom is -0.383 e. The Bertz CT molecular complexity index is 695. The second-order valence-corrected chi connectivity index (χ2v) is 7.57. The Balaban J connectivity index is 1.57. The molecule has 1 fully saturated rings. The zero-order valence-corrected chi connectivity index (χ0v) is 15.7. The first-order valence-corrected chi connectivity index (χ1v) is 10.1. The topological polar surface area (TPSA) is 56.1 Å². The van der Waals surface area contributed by atoms with Crippen LogP contribution in [0.5, 0.6) is 0 Å². The van der Waals surface area contributed by atoms with Crippen LogP contribution in [0.1, 0.15) is 32.1 Å². The Kier molecular flexibility index (Phi) is 6.76. The first kappa shape index (κ1) is 18.3. The lowest BCUT2D eigenvalue weighted by Gasteiger charge is -2.21. The van der Waals surface area contributed by atoms with Gasteiger partial charge in [-0.05, 0) is 30.9 Å². The number of nitrogens with one attached hydrogen (secondary N) is 1. The number of carbonyl (C=O) groups excluding carboxylic acids is 1. The van der Waals surface area contributed by atoms with E-state index in [4.69, 9.17) is 4.74 Å². The van der Waals surface area contributed by atoms with Gasteiger partial charge in [0.2, 0.25) is 5.91 Å². The maximum absolute atomic E-state index is 12.2. The summed E-state index contributed by atoms with van der Waals surface area (Å²) in [4.78, 5) is 16.9. The van der Waals surface area contributed by atoms with Gasteiger partial charge in [-0.2, -0.15) is 0 Å². The number of methoxy groups -OCH3 is 1. The number of ether oxygens (including phenoxy) is 1. The average Bonchev–Trinajstić information content (AvgIpc) is 3.01. The molecule has 0 spiro atoms. The summed E-state index contributed by atoms with van der Waals surface area (Å²) in [6.07, 6.45) is 6.45. The van der Waals surface area contributed by atoms with Crippen molar-refractivity contribution in [3.63, 3.8) is 0 Å². The van der Waals surface area contributed by atoms with E-state index in [1.165, 1.54) is 43.9 Å². The van der Waals surface area contributed by atoms with Crippen molar-refractivity contribution in [3.05, 3.63) is 24.3 Å². The van der Waals surface area contributed by atoms with Gasteiger partial charge in [-0.1, -0.05) is 43.2 Å². The van der Waals surface area contributed by atoms with E-state index in [0.29, 0.717) is 18.3 Å². The predicted molar refractivity (Wildman–Crippen MR) is 102 cm³/mol. The lowest BCUT2D eigenvalue weighted by molar-refractivity contribution is -0.118. The lowest BCUT2D eigenvalue weighted by Crippen LogP contribution is -2.31. The molecule has 1 heterocycles. The van der Waals surface area contributed by atoms with Crippen molar-refractivity contribution in [3.8, 4) is 0 Å². The summed E-state index contributed by atoms with van der Waals surface area (Å²) < 4.78 is 7.35. The summed E-state index contributed by atoms with van der Waals surface area (Å²) in [7, 11) is 1.70. The molecule has 1 saturated carbocycles. The molecular weight excluding hydrogens is 334 g/mol. The molecule has 0 unspecified atom stereocenters. The van der Waals surface area contributed by atoms with E-state index < -0.39 is 0 Å². The van der Waals surface area contributed by atoms with Crippen molar-refractivity contribution in [2.24, 2.45) is 5.92 Å². The molecule has 1 aliphatic carbocycles. The van der Waals surface area contributed by atoms with Gasteiger partial charge < -0.3 is 14.6 Å². The number of nitrogens with zero attached hydrogens (tertiary/aromatic N) is 2. The van der Waals surface area contributed by atoms with E-state index in [1.54, 1.807) is 7.11 Å². The fourth-order valence-corrected chi connectivity index (χ4v) is 4.26. The third-order valence-electron chi connectivity index (χ3n) is 4.78. The van der Waals surface area contributed by atoms with Crippen molar-refractivity contribution in [1.82, 2.24) is 14.9 Å². The maximum atomic E-state index is 12.2. The van der Waals surface area contributed by atoms with Crippen LogP contribution >= 0.6 is 11.8 Å². The summed E-state index contributed by atoms with van der Waals surface area (Å²) in [5.74, 6) is 1.16. The Morgan fingerprint density at radius 1 is 1.32 bits per heavy atom. The molecule has 0 aliphatic heterocycles. The van der Waals surface area contributed by atoms with E-state index in [2.05, 4.69) is 20.9 Å². The van der Waals surface area contributed by atoms with Crippen molar-refractivity contribution in [1.29, 1.82) is 0 Å². The minimum atomic E-state index is 0.0981. The highest BCUT2D eigenvalue weighted by Gasteiger charge is 2.16. The molecule has 1 N–H and O–H groups in total. The summed E-state index contributed by atoms with van der Waals surface area (Å²) in [6.45, 7) is 2.18. The highest BCUT2D eigenvalue weighted by Crippen LogP contribution is 2.25. The van der Waals surface area contributed by atoms with Crippen LogP contribution in [0.25, 0.3) is 11.0 Å². The average molecular weight is 362 g/mol. The second kappa shape index (κ2) is 9.25. The van der Waals surface area contributed by atoms with Gasteiger partial charge in [-0.3, -0.25) is 4.79 Å². The van der Waals surface area contributed by atoms with E-state index in [9.17, 15) is 4.79 Å². The first-order valence-electron chi connectivity index (χ1n) is 9.11. The summed E-state index contributed by atoms with van der Waals surface area (Å²) in [5, 5.41) is 3.98. The monoisotopic (exact) mass is 361 g/mol. The molecule has 25 heavy (non-hydrogen) atoms. The molecule has 0 atom stereocenters. The molecule has 1 aromatic carbocycles. The normalized spacial score (nSPS) is 15.6. The SMILES string of the molecule is COCCn1c(SCC(=O)NCC2CCCCC2)nc2ccccc21. The van der Waals surface area contributed by atoms with Crippen LogP contribution in [0.4, 0.5) is 0 Å². The van der Waals surface area contributed by atoms with Crippen molar-refractivity contribution in [2.45, 2.75) is 43.8 Å². The van der Waals surface area contributed by atoms with Crippen LogP contribution in [0.2, 0.25) is 0 Å². The number of hydrogen-bond acceptors (Lipinski definition) is 4. The highest BCUT2D eigenvalue weighted by molar-refractivity contribution is 7.99. The number of carbonyl (C=O) groups is 1. The lowest BCUT2D eigenvalue weighted by atomic mass is 9.89. The number of amides is 1. The van der Waals surface area contributed by atoms with E-state index in [-0.39, 0.29) is 5.91 Å². The van der Waals surface area contributed by atoms with Gasteiger partial charge in [0.1, 0.15) is 0 Å². The van der Waals surface area contributed by atoms with Gasteiger partial charge >= 0.3 is 0 Å².